The summed E-state index contributed by atoms with van der Waals surface area (Å²) in [5, 5.41) is 13.6. The number of carbonyl (C=O) groups is 2. The third kappa shape index (κ3) is 5.10. The van der Waals surface area contributed by atoms with Crippen LogP contribution in [0.1, 0.15) is 16.1 Å². The second-order valence-electron chi connectivity index (χ2n) is 6.32. The van der Waals surface area contributed by atoms with Crippen LogP contribution in [0, 0.1) is 0 Å². The molecule has 0 aliphatic heterocycles. The molecule has 0 atom stereocenters. The van der Waals surface area contributed by atoms with Gasteiger partial charge in [0.1, 0.15) is 5.65 Å². The Kier molecular flexibility index (Phi) is 6.42. The van der Waals surface area contributed by atoms with Crippen molar-refractivity contribution >= 4 is 51.6 Å². The molecule has 2 amide bonds. The minimum atomic E-state index is -0.493. The lowest BCUT2D eigenvalue weighted by atomic mass is 10.2. The number of esters is 1. The second-order valence-corrected chi connectivity index (χ2v) is 8.52. The summed E-state index contributed by atoms with van der Waals surface area (Å²) in [6.07, 6.45) is 1.67. The molecule has 0 saturated heterocycles. The molecular formula is C20H16N6O4S2. The largest absolute Gasteiger partial charge is 0.465 e. The van der Waals surface area contributed by atoms with Gasteiger partial charge in [0.05, 0.1) is 18.4 Å². The molecule has 3 aromatic heterocycles. The zero-order valence-electron chi connectivity index (χ0n) is 16.6. The molecule has 12 heteroatoms. The number of nitrogens with one attached hydrogen (secondary N) is 2. The zero-order chi connectivity index (χ0) is 22.5. The van der Waals surface area contributed by atoms with Crippen molar-refractivity contribution in [1.29, 1.82) is 0 Å². The van der Waals surface area contributed by atoms with Gasteiger partial charge in [-0.1, -0.05) is 29.2 Å². The summed E-state index contributed by atoms with van der Waals surface area (Å²) in [5.74, 6) is -0.0161. The predicted molar refractivity (Wildman–Crippen MR) is 121 cm³/mol. The fourth-order valence-corrected chi connectivity index (χ4v) is 4.34. The van der Waals surface area contributed by atoms with E-state index in [1.807, 2.05) is 6.07 Å². The quantitative estimate of drug-likeness (QED) is 0.251. The van der Waals surface area contributed by atoms with Gasteiger partial charge in [0.2, 0.25) is 5.13 Å². The van der Waals surface area contributed by atoms with E-state index in [1.165, 1.54) is 40.7 Å². The van der Waals surface area contributed by atoms with E-state index in [0.717, 1.165) is 0 Å². The number of amides is 2. The molecule has 1 aromatic carbocycles. The highest BCUT2D eigenvalue weighted by atomic mass is 32.2. The zero-order valence-corrected chi connectivity index (χ0v) is 18.3. The summed E-state index contributed by atoms with van der Waals surface area (Å²) in [6, 6.07) is 12.6. The molecule has 162 valence electrons. The van der Waals surface area contributed by atoms with Gasteiger partial charge in [0.25, 0.3) is 5.56 Å². The first kappa shape index (κ1) is 21.5. The number of methoxy groups -OCH3 is 1. The Morgan fingerprint density at radius 3 is 2.72 bits per heavy atom. The van der Waals surface area contributed by atoms with Gasteiger partial charge in [0, 0.05) is 23.7 Å². The number of pyridine rings is 1. The number of nitrogens with zero attached hydrogens (tertiary/aromatic N) is 4. The molecule has 0 aliphatic carbocycles. The number of ether oxygens (including phenoxy) is 1. The number of urea groups is 1. The highest BCUT2D eigenvalue weighted by molar-refractivity contribution is 8.00. The van der Waals surface area contributed by atoms with E-state index >= 15 is 0 Å². The third-order valence-electron chi connectivity index (χ3n) is 4.16. The Balaban J connectivity index is 1.33. The molecule has 10 nitrogen and oxygen atoms in total. The Morgan fingerprint density at radius 1 is 1.12 bits per heavy atom. The molecule has 0 bridgehead atoms. The number of benzene rings is 1. The number of hydrogen-bond acceptors (Lipinski definition) is 9. The summed E-state index contributed by atoms with van der Waals surface area (Å²) < 4.78 is 6.73. The Labute approximate surface area is 189 Å². The van der Waals surface area contributed by atoms with E-state index < -0.39 is 12.0 Å². The normalized spacial score (nSPS) is 10.7. The topological polar surface area (TPSA) is 128 Å². The van der Waals surface area contributed by atoms with Gasteiger partial charge in [-0.3, -0.25) is 14.5 Å². The molecule has 3 heterocycles. The summed E-state index contributed by atoms with van der Waals surface area (Å²) in [4.78, 5) is 40.3. The van der Waals surface area contributed by atoms with Crippen LogP contribution >= 0.6 is 23.1 Å². The van der Waals surface area contributed by atoms with Crippen molar-refractivity contribution in [3.63, 3.8) is 0 Å². The van der Waals surface area contributed by atoms with Crippen molar-refractivity contribution in [1.82, 2.24) is 19.6 Å². The van der Waals surface area contributed by atoms with Gasteiger partial charge in [-0.15, -0.1) is 10.2 Å². The van der Waals surface area contributed by atoms with E-state index in [1.54, 1.807) is 42.6 Å². The van der Waals surface area contributed by atoms with E-state index in [0.29, 0.717) is 37.8 Å². The number of thioether (sulfide) groups is 1. The lowest BCUT2D eigenvalue weighted by molar-refractivity contribution is 0.0600. The monoisotopic (exact) mass is 468 g/mol. The van der Waals surface area contributed by atoms with Crippen LogP contribution in [0.25, 0.3) is 5.65 Å². The third-order valence-corrected chi connectivity index (χ3v) is 6.16. The maximum atomic E-state index is 12.2. The molecule has 0 radical (unpaired) electrons. The lowest BCUT2D eigenvalue weighted by Crippen LogP contribution is -2.19. The number of aromatic nitrogens is 4. The molecule has 0 spiro atoms. The summed E-state index contributed by atoms with van der Waals surface area (Å²) in [5.41, 5.74) is 1.94. The van der Waals surface area contributed by atoms with Crippen LogP contribution in [0.3, 0.4) is 0 Å². The average molecular weight is 469 g/mol. The number of carbonyl (C=O) groups excluding carboxylic acids is 2. The van der Waals surface area contributed by atoms with Crippen LogP contribution in [-0.4, -0.2) is 38.7 Å². The Hall–Kier alpha value is -3.77. The van der Waals surface area contributed by atoms with Crippen molar-refractivity contribution in [2.75, 3.05) is 17.7 Å². The number of hydrogen-bond donors (Lipinski definition) is 2. The maximum absolute atomic E-state index is 12.2. The molecule has 0 unspecified atom stereocenters. The van der Waals surface area contributed by atoms with Gasteiger partial charge in [-0.2, -0.15) is 0 Å². The number of rotatable bonds is 6. The average Bonchev–Trinajstić information content (AvgIpc) is 3.24. The van der Waals surface area contributed by atoms with Gasteiger partial charge in [-0.05, 0) is 36.4 Å². The standard InChI is InChI=1S/C20H16N6O4S2/c1-30-17(28)12-5-7-13(8-6-12)22-18(29)23-19-24-25-20(32-19)31-11-14-10-16(27)26-9-3-2-4-15(26)21-14/h2-10H,11H2,1H3,(H2,22,23,24,29). The molecule has 0 aliphatic rings. The highest BCUT2D eigenvalue weighted by Crippen LogP contribution is 2.27. The van der Waals surface area contributed by atoms with Crippen molar-refractivity contribution < 1.29 is 14.3 Å². The molecule has 2 N–H and O–H groups in total. The van der Waals surface area contributed by atoms with E-state index in [4.69, 9.17) is 0 Å². The molecule has 4 aromatic rings. The predicted octanol–water partition coefficient (Wildman–Crippen LogP) is 3.27. The maximum Gasteiger partial charge on any atom is 0.337 e. The second kappa shape index (κ2) is 9.58. The fraction of sp³-hybridized carbons (Fsp3) is 0.100. The van der Waals surface area contributed by atoms with Crippen LogP contribution in [0.15, 0.2) is 63.9 Å². The summed E-state index contributed by atoms with van der Waals surface area (Å²) in [6.45, 7) is 0. The van der Waals surface area contributed by atoms with Crippen LogP contribution in [0.4, 0.5) is 15.6 Å². The van der Waals surface area contributed by atoms with Crippen LogP contribution in [-0.2, 0) is 10.5 Å². The minimum Gasteiger partial charge on any atom is -0.465 e. The lowest BCUT2D eigenvalue weighted by Gasteiger charge is -2.05. The van der Waals surface area contributed by atoms with Gasteiger partial charge >= 0.3 is 12.0 Å². The van der Waals surface area contributed by atoms with Crippen molar-refractivity contribution in [2.45, 2.75) is 10.1 Å². The first-order chi connectivity index (χ1) is 15.5. The number of fused-ring (bicyclic) bond motifs is 1. The molecule has 0 saturated carbocycles. The van der Waals surface area contributed by atoms with Gasteiger partial charge < -0.3 is 10.1 Å². The van der Waals surface area contributed by atoms with Crippen LogP contribution in [0.2, 0.25) is 0 Å². The van der Waals surface area contributed by atoms with Gasteiger partial charge in [-0.25, -0.2) is 14.6 Å². The fourth-order valence-electron chi connectivity index (χ4n) is 2.70. The number of anilines is 2. The van der Waals surface area contributed by atoms with Crippen molar-refractivity contribution in [3.8, 4) is 0 Å². The first-order valence-corrected chi connectivity index (χ1v) is 11.0. The highest BCUT2D eigenvalue weighted by Gasteiger charge is 2.11. The van der Waals surface area contributed by atoms with Crippen molar-refractivity contribution in [3.05, 3.63) is 76.3 Å². The molecule has 32 heavy (non-hydrogen) atoms. The summed E-state index contributed by atoms with van der Waals surface area (Å²) in [7, 11) is 1.30. The first-order valence-electron chi connectivity index (χ1n) is 9.22. The van der Waals surface area contributed by atoms with Crippen LogP contribution < -0.4 is 16.2 Å². The Bertz CT molecular complexity index is 1340. The SMILES string of the molecule is COC(=O)c1ccc(NC(=O)Nc2nnc(SCc3cc(=O)n4ccccc4n3)s2)cc1. The van der Waals surface area contributed by atoms with Crippen LogP contribution in [0.5, 0.6) is 0 Å². The van der Waals surface area contributed by atoms with Crippen molar-refractivity contribution in [2.24, 2.45) is 0 Å². The smallest absolute Gasteiger partial charge is 0.337 e. The van der Waals surface area contributed by atoms with Gasteiger partial charge in [0.15, 0.2) is 4.34 Å². The molecule has 0 fully saturated rings. The van der Waals surface area contributed by atoms with E-state index in [2.05, 4.69) is 30.6 Å². The minimum absolute atomic E-state index is 0.151. The molecule has 4 rings (SSSR count). The van der Waals surface area contributed by atoms with E-state index in [9.17, 15) is 14.4 Å². The molecular weight excluding hydrogens is 452 g/mol. The Morgan fingerprint density at radius 2 is 1.94 bits per heavy atom. The summed E-state index contributed by atoms with van der Waals surface area (Å²) >= 11 is 2.57. The van der Waals surface area contributed by atoms with E-state index in [-0.39, 0.29) is 5.56 Å².